The van der Waals surface area contributed by atoms with E-state index in [1.807, 2.05) is 13.0 Å². The van der Waals surface area contributed by atoms with E-state index in [4.69, 9.17) is 10.8 Å². The molecule has 0 aliphatic heterocycles. The van der Waals surface area contributed by atoms with Crippen LogP contribution in [0.2, 0.25) is 0 Å². The summed E-state index contributed by atoms with van der Waals surface area (Å²) in [4.78, 5) is 44.4. The van der Waals surface area contributed by atoms with Crippen molar-refractivity contribution in [2.24, 2.45) is 0 Å². The third-order valence-corrected chi connectivity index (χ3v) is 5.98. The minimum atomic E-state index is -1.07. The van der Waals surface area contributed by atoms with Crippen LogP contribution in [0, 0.1) is 6.92 Å². The number of carboxylic acid groups (broad SMARTS) is 1. The van der Waals surface area contributed by atoms with Gasteiger partial charge in [-0.25, -0.2) is 9.78 Å². The number of anilines is 2. The summed E-state index contributed by atoms with van der Waals surface area (Å²) in [6, 6.07) is 16.6. The predicted molar refractivity (Wildman–Crippen MR) is 123 cm³/mol. The zero-order chi connectivity index (χ0) is 22.8. The van der Waals surface area contributed by atoms with Crippen molar-refractivity contribution in [2.45, 2.75) is 16.7 Å². The summed E-state index contributed by atoms with van der Waals surface area (Å²) < 4.78 is 0. The van der Waals surface area contributed by atoms with Gasteiger partial charge in [-0.05, 0) is 61.0 Å². The fourth-order valence-electron chi connectivity index (χ4n) is 3.18. The quantitative estimate of drug-likeness (QED) is 0.364. The van der Waals surface area contributed by atoms with Crippen LogP contribution < -0.4 is 16.6 Å². The number of nitrogens with one attached hydrogen (secondary N) is 2. The lowest BCUT2D eigenvalue weighted by molar-refractivity contribution is 0.0696. The Morgan fingerprint density at radius 3 is 2.53 bits per heavy atom. The predicted octanol–water partition coefficient (Wildman–Crippen LogP) is 3.92. The van der Waals surface area contributed by atoms with Crippen molar-refractivity contribution < 1.29 is 14.7 Å². The molecule has 0 bridgehead atoms. The number of H-pyrrole nitrogens is 1. The lowest BCUT2D eigenvalue weighted by Crippen LogP contribution is -2.12. The molecule has 0 aliphatic rings. The number of fused-ring (bicyclic) bond motifs is 1. The molecule has 0 fully saturated rings. The van der Waals surface area contributed by atoms with Crippen molar-refractivity contribution >= 4 is 46.2 Å². The first-order valence-corrected chi connectivity index (χ1v) is 10.4. The molecular formula is C23H18N4O4S. The van der Waals surface area contributed by atoms with Gasteiger partial charge in [0, 0.05) is 21.0 Å². The molecular weight excluding hydrogens is 428 g/mol. The van der Waals surface area contributed by atoms with Crippen LogP contribution in [0.25, 0.3) is 10.9 Å². The molecule has 0 saturated heterocycles. The number of hydrogen-bond acceptors (Lipinski definition) is 6. The number of aromatic nitrogens is 2. The maximum Gasteiger partial charge on any atom is 0.335 e. The van der Waals surface area contributed by atoms with E-state index < -0.39 is 5.97 Å². The molecule has 0 saturated carbocycles. The van der Waals surface area contributed by atoms with Gasteiger partial charge >= 0.3 is 5.97 Å². The van der Waals surface area contributed by atoms with E-state index >= 15 is 0 Å². The highest BCUT2D eigenvalue weighted by atomic mass is 32.2. The van der Waals surface area contributed by atoms with Crippen molar-refractivity contribution in [3.05, 3.63) is 87.7 Å². The van der Waals surface area contributed by atoms with Gasteiger partial charge in [0.15, 0.2) is 0 Å². The Morgan fingerprint density at radius 2 is 1.81 bits per heavy atom. The number of benzene rings is 3. The second-order valence-corrected chi connectivity index (χ2v) is 8.11. The van der Waals surface area contributed by atoms with Gasteiger partial charge in [-0.15, -0.1) is 0 Å². The van der Waals surface area contributed by atoms with Crippen LogP contribution in [-0.4, -0.2) is 27.0 Å². The molecule has 0 radical (unpaired) electrons. The minimum absolute atomic E-state index is 0.0616. The Balaban J connectivity index is 1.57. The average Bonchev–Trinajstić information content (AvgIpc) is 2.76. The molecule has 3 aromatic carbocycles. The molecule has 32 heavy (non-hydrogen) atoms. The lowest BCUT2D eigenvalue weighted by atomic mass is 10.1. The van der Waals surface area contributed by atoms with Crippen LogP contribution in [-0.2, 0) is 0 Å². The number of carboxylic acids is 1. The van der Waals surface area contributed by atoms with E-state index in [1.165, 1.54) is 23.9 Å². The fraction of sp³-hybridized carbons (Fsp3) is 0.0435. The average molecular weight is 446 g/mol. The Kier molecular flexibility index (Phi) is 5.65. The van der Waals surface area contributed by atoms with E-state index in [-0.39, 0.29) is 23.0 Å². The van der Waals surface area contributed by atoms with E-state index in [0.29, 0.717) is 22.2 Å². The van der Waals surface area contributed by atoms with Crippen LogP contribution in [0.5, 0.6) is 0 Å². The van der Waals surface area contributed by atoms with E-state index in [2.05, 4.69) is 15.3 Å². The smallest absolute Gasteiger partial charge is 0.335 e. The number of aromatic amines is 1. The number of rotatable bonds is 5. The van der Waals surface area contributed by atoms with Crippen LogP contribution in [0.4, 0.5) is 11.6 Å². The first-order chi connectivity index (χ1) is 15.3. The zero-order valence-corrected chi connectivity index (χ0v) is 17.7. The minimum Gasteiger partial charge on any atom is -0.478 e. The number of nitrogens with zero attached hydrogens (tertiary/aromatic N) is 1. The van der Waals surface area contributed by atoms with Gasteiger partial charge in [-0.3, -0.25) is 14.6 Å². The Morgan fingerprint density at radius 1 is 1.06 bits per heavy atom. The largest absolute Gasteiger partial charge is 0.478 e. The molecule has 5 N–H and O–H groups in total. The molecule has 4 aromatic rings. The number of amides is 1. The Labute approximate surface area is 186 Å². The Bertz CT molecular complexity index is 1410. The number of carbonyl (C=O) groups excluding carboxylic acids is 1. The second kappa shape index (κ2) is 8.56. The third-order valence-electron chi connectivity index (χ3n) is 4.75. The molecule has 0 atom stereocenters. The first kappa shape index (κ1) is 21.1. The van der Waals surface area contributed by atoms with Gasteiger partial charge in [0.1, 0.15) is 0 Å². The standard InChI is InChI=1S/C23H18N4O4S/c1-12-5-10-17-18(21(29)27-23(24)26-17)19(12)32-16-8-6-13(7-9-16)20(28)25-15-4-2-3-14(11-15)22(30)31/h2-11H,1H3,(H,25,28)(H,30,31)(H3,24,26,27,29). The third kappa shape index (κ3) is 4.33. The summed E-state index contributed by atoms with van der Waals surface area (Å²) in [5, 5.41) is 12.2. The molecule has 1 aromatic heterocycles. The number of nitrogens with two attached hydrogens (primary N) is 1. The van der Waals surface area contributed by atoms with Crippen molar-refractivity contribution in [3.8, 4) is 0 Å². The van der Waals surface area contributed by atoms with Gasteiger partial charge in [0.25, 0.3) is 11.5 Å². The fourth-order valence-corrected chi connectivity index (χ4v) is 4.22. The highest BCUT2D eigenvalue weighted by molar-refractivity contribution is 7.99. The van der Waals surface area contributed by atoms with Crippen LogP contribution in [0.1, 0.15) is 26.3 Å². The van der Waals surface area contributed by atoms with Gasteiger partial charge in [0.05, 0.1) is 16.5 Å². The zero-order valence-electron chi connectivity index (χ0n) is 16.9. The first-order valence-electron chi connectivity index (χ1n) is 9.53. The maximum absolute atomic E-state index is 12.5. The van der Waals surface area contributed by atoms with Gasteiger partial charge < -0.3 is 16.2 Å². The van der Waals surface area contributed by atoms with Crippen molar-refractivity contribution in [1.82, 2.24) is 9.97 Å². The normalized spacial score (nSPS) is 10.8. The summed E-state index contributed by atoms with van der Waals surface area (Å²) in [5.74, 6) is -1.36. The topological polar surface area (TPSA) is 138 Å². The van der Waals surface area contributed by atoms with Gasteiger partial charge in [-0.2, -0.15) is 0 Å². The van der Waals surface area contributed by atoms with Crippen LogP contribution in [0.15, 0.2) is 75.2 Å². The van der Waals surface area contributed by atoms with Crippen LogP contribution in [0.3, 0.4) is 0 Å². The van der Waals surface area contributed by atoms with Gasteiger partial charge in [-0.1, -0.05) is 23.9 Å². The maximum atomic E-state index is 12.5. The second-order valence-electron chi connectivity index (χ2n) is 7.02. The monoisotopic (exact) mass is 446 g/mol. The number of hydrogen-bond donors (Lipinski definition) is 4. The summed E-state index contributed by atoms with van der Waals surface area (Å²) in [5.41, 5.74) is 7.67. The molecule has 0 aliphatic carbocycles. The van der Waals surface area contributed by atoms with E-state index in [1.54, 1.807) is 42.5 Å². The Hall–Kier alpha value is -4.11. The lowest BCUT2D eigenvalue weighted by Gasteiger charge is -2.10. The molecule has 8 nitrogen and oxygen atoms in total. The molecule has 4 rings (SSSR count). The summed E-state index contributed by atoms with van der Waals surface area (Å²) >= 11 is 1.40. The summed E-state index contributed by atoms with van der Waals surface area (Å²) in [6.45, 7) is 1.91. The number of aromatic carboxylic acids is 1. The highest BCUT2D eigenvalue weighted by Crippen LogP contribution is 2.34. The molecule has 160 valence electrons. The van der Waals surface area contributed by atoms with Crippen molar-refractivity contribution in [1.29, 1.82) is 0 Å². The molecule has 0 spiro atoms. The summed E-state index contributed by atoms with van der Waals surface area (Å²) in [6.07, 6.45) is 0. The van der Waals surface area contributed by atoms with E-state index in [0.717, 1.165) is 15.4 Å². The highest BCUT2D eigenvalue weighted by Gasteiger charge is 2.13. The van der Waals surface area contributed by atoms with Crippen LogP contribution >= 0.6 is 11.8 Å². The van der Waals surface area contributed by atoms with Crippen molar-refractivity contribution in [2.75, 3.05) is 11.1 Å². The molecule has 0 unspecified atom stereocenters. The number of aryl methyl sites for hydroxylation is 1. The van der Waals surface area contributed by atoms with Gasteiger partial charge in [0.2, 0.25) is 5.95 Å². The van der Waals surface area contributed by atoms with E-state index in [9.17, 15) is 14.4 Å². The SMILES string of the molecule is Cc1ccc2nc(N)[nH]c(=O)c2c1Sc1ccc(C(=O)Nc2cccc(C(=O)O)c2)cc1. The molecule has 1 heterocycles. The number of nitrogen functional groups attached to an aromatic ring is 1. The van der Waals surface area contributed by atoms with Crippen molar-refractivity contribution in [3.63, 3.8) is 0 Å². The molecule has 9 heteroatoms. The molecule has 1 amide bonds. The summed E-state index contributed by atoms with van der Waals surface area (Å²) in [7, 11) is 0. The number of carbonyl (C=O) groups is 2.